The maximum atomic E-state index is 13.7. The molecule has 0 aliphatic carbocycles. The molecule has 1 aliphatic heterocycles. The summed E-state index contributed by atoms with van der Waals surface area (Å²) in [7, 11) is 0. The van der Waals surface area contributed by atoms with Gasteiger partial charge in [-0.3, -0.25) is 9.78 Å². The van der Waals surface area contributed by atoms with Gasteiger partial charge >= 0.3 is 0 Å². The average molecular weight is 434 g/mol. The van der Waals surface area contributed by atoms with Crippen LogP contribution in [0.1, 0.15) is 30.1 Å². The fourth-order valence-corrected chi connectivity index (χ4v) is 4.14. The van der Waals surface area contributed by atoms with Crippen molar-refractivity contribution in [2.24, 2.45) is 5.92 Å². The van der Waals surface area contributed by atoms with Crippen LogP contribution in [0.15, 0.2) is 79.0 Å². The number of benzene rings is 2. The molecule has 1 aliphatic rings. The number of pyridine rings is 1. The molecule has 0 saturated carbocycles. The SMILES string of the molecule is O=C(C1CCNCC1)N(CCOc1ccccc1)[C@H](c1ccc(F)cc1)c1ccccn1. The van der Waals surface area contributed by atoms with Gasteiger partial charge in [-0.15, -0.1) is 0 Å². The molecule has 0 radical (unpaired) electrons. The van der Waals surface area contributed by atoms with Crippen LogP contribution in [0.4, 0.5) is 4.39 Å². The highest BCUT2D eigenvalue weighted by molar-refractivity contribution is 5.80. The number of carbonyl (C=O) groups is 1. The summed E-state index contributed by atoms with van der Waals surface area (Å²) in [6.07, 6.45) is 3.32. The largest absolute Gasteiger partial charge is 0.492 e. The number of halogens is 1. The summed E-state index contributed by atoms with van der Waals surface area (Å²) < 4.78 is 19.6. The highest BCUT2D eigenvalue weighted by atomic mass is 19.1. The van der Waals surface area contributed by atoms with Crippen molar-refractivity contribution in [1.29, 1.82) is 0 Å². The van der Waals surface area contributed by atoms with Crippen LogP contribution < -0.4 is 10.1 Å². The Morgan fingerprint density at radius 3 is 2.44 bits per heavy atom. The molecular formula is C26H28FN3O2. The first-order valence-corrected chi connectivity index (χ1v) is 11.1. The molecule has 5 nitrogen and oxygen atoms in total. The van der Waals surface area contributed by atoms with Gasteiger partial charge in [0, 0.05) is 12.1 Å². The number of rotatable bonds is 8. The second kappa shape index (κ2) is 10.9. The van der Waals surface area contributed by atoms with E-state index in [-0.39, 0.29) is 17.6 Å². The van der Waals surface area contributed by atoms with Crippen LogP contribution in [0.3, 0.4) is 0 Å². The number of nitrogens with one attached hydrogen (secondary N) is 1. The number of ether oxygens (including phenoxy) is 1. The van der Waals surface area contributed by atoms with Crippen molar-refractivity contribution in [3.8, 4) is 5.75 Å². The third-order valence-corrected chi connectivity index (χ3v) is 5.78. The number of nitrogens with zero attached hydrogens (tertiary/aromatic N) is 2. The molecule has 1 aromatic heterocycles. The van der Waals surface area contributed by atoms with E-state index in [1.165, 1.54) is 12.1 Å². The molecule has 1 N–H and O–H groups in total. The quantitative estimate of drug-likeness (QED) is 0.578. The van der Waals surface area contributed by atoms with Crippen molar-refractivity contribution in [1.82, 2.24) is 15.2 Å². The van der Waals surface area contributed by atoms with E-state index in [2.05, 4.69) is 10.3 Å². The van der Waals surface area contributed by atoms with Gasteiger partial charge in [-0.05, 0) is 67.9 Å². The van der Waals surface area contributed by atoms with Crippen molar-refractivity contribution in [2.45, 2.75) is 18.9 Å². The van der Waals surface area contributed by atoms with Gasteiger partial charge in [-0.25, -0.2) is 4.39 Å². The van der Waals surface area contributed by atoms with Gasteiger partial charge in [0.25, 0.3) is 0 Å². The Kier molecular flexibility index (Phi) is 7.46. The van der Waals surface area contributed by atoms with E-state index in [0.29, 0.717) is 13.2 Å². The topological polar surface area (TPSA) is 54.5 Å². The lowest BCUT2D eigenvalue weighted by Crippen LogP contribution is -2.45. The Labute approximate surface area is 188 Å². The van der Waals surface area contributed by atoms with E-state index in [1.807, 2.05) is 53.4 Å². The summed E-state index contributed by atoms with van der Waals surface area (Å²) in [6.45, 7) is 2.41. The van der Waals surface area contributed by atoms with E-state index in [1.54, 1.807) is 18.3 Å². The summed E-state index contributed by atoms with van der Waals surface area (Å²) >= 11 is 0. The van der Waals surface area contributed by atoms with Gasteiger partial charge in [0.15, 0.2) is 0 Å². The fourth-order valence-electron chi connectivity index (χ4n) is 4.14. The van der Waals surface area contributed by atoms with E-state index >= 15 is 0 Å². The minimum Gasteiger partial charge on any atom is -0.492 e. The monoisotopic (exact) mass is 433 g/mol. The third kappa shape index (κ3) is 5.51. The number of hydrogen-bond donors (Lipinski definition) is 1. The van der Waals surface area contributed by atoms with Crippen LogP contribution >= 0.6 is 0 Å². The molecular weight excluding hydrogens is 405 g/mol. The van der Waals surface area contributed by atoms with Crippen molar-refractivity contribution in [2.75, 3.05) is 26.2 Å². The van der Waals surface area contributed by atoms with Crippen molar-refractivity contribution < 1.29 is 13.9 Å². The van der Waals surface area contributed by atoms with Crippen LogP contribution in [-0.4, -0.2) is 42.0 Å². The zero-order chi connectivity index (χ0) is 22.2. The first kappa shape index (κ1) is 22.0. The third-order valence-electron chi connectivity index (χ3n) is 5.78. The van der Waals surface area contributed by atoms with Crippen LogP contribution in [-0.2, 0) is 4.79 Å². The lowest BCUT2D eigenvalue weighted by atomic mass is 9.93. The van der Waals surface area contributed by atoms with Gasteiger partial charge in [-0.2, -0.15) is 0 Å². The minimum absolute atomic E-state index is 0.0559. The molecule has 1 amide bonds. The second-order valence-corrected chi connectivity index (χ2v) is 7.93. The van der Waals surface area contributed by atoms with Gasteiger partial charge in [0.1, 0.15) is 18.2 Å². The smallest absolute Gasteiger partial charge is 0.226 e. The number of hydrogen-bond acceptors (Lipinski definition) is 4. The molecule has 6 heteroatoms. The van der Waals surface area contributed by atoms with Crippen LogP contribution in [0.2, 0.25) is 0 Å². The molecule has 3 aromatic rings. The molecule has 0 unspecified atom stereocenters. The van der Waals surface area contributed by atoms with Crippen molar-refractivity contribution in [3.63, 3.8) is 0 Å². The zero-order valence-corrected chi connectivity index (χ0v) is 18.0. The Balaban J connectivity index is 1.64. The minimum atomic E-state index is -0.418. The molecule has 0 bridgehead atoms. The molecule has 166 valence electrons. The Morgan fingerprint density at radius 2 is 1.75 bits per heavy atom. The van der Waals surface area contributed by atoms with Crippen molar-refractivity contribution >= 4 is 5.91 Å². The number of carbonyl (C=O) groups excluding carboxylic acids is 1. The number of piperidine rings is 1. The van der Waals surface area contributed by atoms with E-state index in [4.69, 9.17) is 4.74 Å². The molecule has 4 rings (SSSR count). The van der Waals surface area contributed by atoms with Gasteiger partial charge in [0.05, 0.1) is 18.3 Å². The van der Waals surface area contributed by atoms with Gasteiger partial charge in [0.2, 0.25) is 5.91 Å². The fraction of sp³-hybridized carbons (Fsp3) is 0.308. The summed E-state index contributed by atoms with van der Waals surface area (Å²) in [6, 6.07) is 21.1. The van der Waals surface area contributed by atoms with Crippen LogP contribution in [0.25, 0.3) is 0 Å². The molecule has 1 atom stereocenters. The maximum absolute atomic E-state index is 13.7. The van der Waals surface area contributed by atoms with Crippen LogP contribution in [0.5, 0.6) is 5.75 Å². The second-order valence-electron chi connectivity index (χ2n) is 7.93. The maximum Gasteiger partial charge on any atom is 0.226 e. The average Bonchev–Trinajstić information content (AvgIpc) is 2.86. The molecule has 2 aromatic carbocycles. The summed E-state index contributed by atoms with van der Waals surface area (Å²) in [4.78, 5) is 20.1. The predicted molar refractivity (Wildman–Crippen MR) is 122 cm³/mol. The highest BCUT2D eigenvalue weighted by Crippen LogP contribution is 2.30. The summed E-state index contributed by atoms with van der Waals surface area (Å²) in [5.74, 6) is 0.484. The first-order valence-electron chi connectivity index (χ1n) is 11.1. The Morgan fingerprint density at radius 1 is 1.03 bits per heavy atom. The van der Waals surface area contributed by atoms with Crippen LogP contribution in [0, 0.1) is 11.7 Å². The zero-order valence-electron chi connectivity index (χ0n) is 18.0. The van der Waals surface area contributed by atoms with Crippen molar-refractivity contribution in [3.05, 3.63) is 96.1 Å². The summed E-state index contributed by atoms with van der Waals surface area (Å²) in [5, 5.41) is 3.32. The number of amides is 1. The first-order chi connectivity index (χ1) is 15.7. The van der Waals surface area contributed by atoms with E-state index in [0.717, 1.165) is 42.9 Å². The molecule has 0 spiro atoms. The Bertz CT molecular complexity index is 977. The lowest BCUT2D eigenvalue weighted by Gasteiger charge is -2.35. The van der Waals surface area contributed by atoms with Gasteiger partial charge < -0.3 is 15.0 Å². The lowest BCUT2D eigenvalue weighted by molar-refractivity contribution is -0.138. The normalized spacial score (nSPS) is 15.2. The standard InChI is InChI=1S/C26H28FN3O2/c27-22-11-9-20(10-12-22)25(24-8-4-5-15-29-24)30(26(31)21-13-16-28-17-14-21)18-19-32-23-6-2-1-3-7-23/h1-12,15,21,25,28H,13-14,16-19H2/t25-/m1/s1. The number of para-hydroxylation sites is 1. The van der Waals surface area contributed by atoms with E-state index in [9.17, 15) is 9.18 Å². The van der Waals surface area contributed by atoms with E-state index < -0.39 is 6.04 Å². The molecule has 1 saturated heterocycles. The molecule has 1 fully saturated rings. The Hall–Kier alpha value is -3.25. The number of aromatic nitrogens is 1. The summed E-state index contributed by atoms with van der Waals surface area (Å²) in [5.41, 5.74) is 1.58. The predicted octanol–water partition coefficient (Wildman–Crippen LogP) is 4.22. The highest BCUT2D eigenvalue weighted by Gasteiger charge is 2.33. The molecule has 2 heterocycles. The molecule has 32 heavy (non-hydrogen) atoms. The van der Waals surface area contributed by atoms with Gasteiger partial charge in [-0.1, -0.05) is 36.4 Å².